The van der Waals surface area contributed by atoms with Crippen LogP contribution in [0.5, 0.6) is 0 Å². The van der Waals surface area contributed by atoms with Crippen molar-refractivity contribution >= 4 is 11.6 Å². The van der Waals surface area contributed by atoms with Gasteiger partial charge in [0, 0.05) is 10.6 Å². The number of hydrogen-bond acceptors (Lipinski definition) is 0. The van der Waals surface area contributed by atoms with E-state index in [1.807, 2.05) is 13.8 Å². The molecule has 0 fully saturated rings. The fraction of sp³-hybridized carbons (Fsp3) is 0.429. The lowest BCUT2D eigenvalue weighted by atomic mass is 10.3. The van der Waals surface area contributed by atoms with Gasteiger partial charge >= 0.3 is 0 Å². The Morgan fingerprint density at radius 1 is 1.38 bits per heavy atom. The van der Waals surface area contributed by atoms with Crippen LogP contribution in [0.15, 0.2) is 10.6 Å². The van der Waals surface area contributed by atoms with Crippen molar-refractivity contribution in [3.05, 3.63) is 10.6 Å². The molecule has 0 aliphatic rings. The van der Waals surface area contributed by atoms with Crippen LogP contribution < -0.4 is 0 Å². The molecule has 8 heavy (non-hydrogen) atoms. The van der Waals surface area contributed by atoms with Gasteiger partial charge in [-0.2, -0.15) is 0 Å². The molecule has 0 spiro atoms. The molecule has 0 N–H and O–H groups in total. The van der Waals surface area contributed by atoms with Gasteiger partial charge in [-0.25, -0.2) is 0 Å². The average molecular weight is 129 g/mol. The second kappa shape index (κ2) is 3.57. The Bertz CT molecular complexity index is 151. The molecule has 0 aromatic rings. The van der Waals surface area contributed by atoms with Gasteiger partial charge in [0.05, 0.1) is 0 Å². The van der Waals surface area contributed by atoms with Gasteiger partial charge in [0.1, 0.15) is 0 Å². The molecule has 0 nitrogen and oxygen atoms in total. The van der Waals surface area contributed by atoms with Crippen molar-refractivity contribution < 1.29 is 0 Å². The molecule has 0 unspecified atom stereocenters. The van der Waals surface area contributed by atoms with Gasteiger partial charge in [-0.1, -0.05) is 17.5 Å². The quantitative estimate of drug-likeness (QED) is 0.440. The van der Waals surface area contributed by atoms with Crippen molar-refractivity contribution in [2.75, 3.05) is 0 Å². The zero-order chi connectivity index (χ0) is 6.57. The van der Waals surface area contributed by atoms with Crippen molar-refractivity contribution in [1.29, 1.82) is 0 Å². The molecule has 0 aliphatic carbocycles. The summed E-state index contributed by atoms with van der Waals surface area (Å²) in [6.45, 7) is 5.53. The summed E-state index contributed by atoms with van der Waals surface area (Å²) in [5.74, 6) is 5.60. The molecule has 0 amide bonds. The summed E-state index contributed by atoms with van der Waals surface area (Å²) in [4.78, 5) is 0. The number of halogens is 1. The highest BCUT2D eigenvalue weighted by Gasteiger charge is 1.83. The van der Waals surface area contributed by atoms with E-state index in [1.54, 1.807) is 6.92 Å². The minimum atomic E-state index is 0.777. The molecule has 0 aliphatic heterocycles. The summed E-state index contributed by atoms with van der Waals surface area (Å²) in [5, 5.41) is 0.777. The van der Waals surface area contributed by atoms with Gasteiger partial charge < -0.3 is 0 Å². The number of hydrogen-bond donors (Lipinski definition) is 0. The molecule has 0 bridgehead atoms. The molecule has 0 saturated carbocycles. The molecule has 1 heteroatoms. The van der Waals surface area contributed by atoms with Crippen molar-refractivity contribution in [3.8, 4) is 11.8 Å². The summed E-state index contributed by atoms with van der Waals surface area (Å²) in [7, 11) is 0. The van der Waals surface area contributed by atoms with Crippen molar-refractivity contribution in [2.45, 2.75) is 20.8 Å². The predicted octanol–water partition coefficient (Wildman–Crippen LogP) is 2.54. The Hall–Kier alpha value is -0.410. The lowest BCUT2D eigenvalue weighted by molar-refractivity contribution is 1.48. The molecule has 0 heterocycles. The topological polar surface area (TPSA) is 0 Å². The number of rotatable bonds is 0. The fourth-order valence-corrected chi connectivity index (χ4v) is 0.321. The molecular formula is C7H9Cl. The highest BCUT2D eigenvalue weighted by molar-refractivity contribution is 6.29. The third-order valence-electron chi connectivity index (χ3n) is 0.829. The zero-order valence-electron chi connectivity index (χ0n) is 5.38. The standard InChI is InChI=1S/C7H9Cl/c1-4-5-6(2)7(3)8/h1-3H3/b7-6+. The highest BCUT2D eigenvalue weighted by Crippen LogP contribution is 2.04. The second-order valence-corrected chi connectivity index (χ2v) is 2.10. The highest BCUT2D eigenvalue weighted by atomic mass is 35.5. The van der Waals surface area contributed by atoms with E-state index >= 15 is 0 Å². The Morgan fingerprint density at radius 3 is 2.00 bits per heavy atom. The monoisotopic (exact) mass is 128 g/mol. The van der Waals surface area contributed by atoms with E-state index in [-0.39, 0.29) is 0 Å². The van der Waals surface area contributed by atoms with Crippen LogP contribution in [0.1, 0.15) is 20.8 Å². The lowest BCUT2D eigenvalue weighted by Gasteiger charge is -1.85. The van der Waals surface area contributed by atoms with Gasteiger partial charge in [-0.05, 0) is 20.8 Å². The smallest absolute Gasteiger partial charge is 0.0262 e. The minimum absolute atomic E-state index is 0.777. The van der Waals surface area contributed by atoms with E-state index in [2.05, 4.69) is 11.8 Å². The first-order valence-electron chi connectivity index (χ1n) is 2.44. The maximum absolute atomic E-state index is 5.58. The van der Waals surface area contributed by atoms with Crippen LogP contribution in [-0.2, 0) is 0 Å². The summed E-state index contributed by atoms with van der Waals surface area (Å²) in [6.07, 6.45) is 0. The van der Waals surface area contributed by atoms with Gasteiger partial charge in [-0.15, -0.1) is 5.92 Å². The van der Waals surface area contributed by atoms with E-state index in [1.165, 1.54) is 0 Å². The second-order valence-electron chi connectivity index (χ2n) is 1.53. The van der Waals surface area contributed by atoms with Crippen molar-refractivity contribution in [1.82, 2.24) is 0 Å². The van der Waals surface area contributed by atoms with Gasteiger partial charge in [-0.3, -0.25) is 0 Å². The zero-order valence-corrected chi connectivity index (χ0v) is 6.13. The molecule has 0 atom stereocenters. The SMILES string of the molecule is CC#C/C(C)=C(\C)Cl. The molecule has 0 rings (SSSR count). The minimum Gasteiger partial charge on any atom is -0.102 e. The van der Waals surface area contributed by atoms with Gasteiger partial charge in [0.2, 0.25) is 0 Å². The summed E-state index contributed by atoms with van der Waals surface area (Å²) in [6, 6.07) is 0. The van der Waals surface area contributed by atoms with Crippen LogP contribution in [0.2, 0.25) is 0 Å². The fourth-order valence-electron chi connectivity index (χ4n) is 0.274. The molecule has 0 radical (unpaired) electrons. The van der Waals surface area contributed by atoms with E-state index in [9.17, 15) is 0 Å². The van der Waals surface area contributed by atoms with Crippen molar-refractivity contribution in [2.24, 2.45) is 0 Å². The third-order valence-corrected chi connectivity index (χ3v) is 1.11. The Kier molecular flexibility index (Phi) is 3.39. The predicted molar refractivity (Wildman–Crippen MR) is 37.7 cm³/mol. The van der Waals surface area contributed by atoms with E-state index < -0.39 is 0 Å². The van der Waals surface area contributed by atoms with Gasteiger partial charge in [0.25, 0.3) is 0 Å². The van der Waals surface area contributed by atoms with Crippen LogP contribution in [0, 0.1) is 11.8 Å². The third kappa shape index (κ3) is 2.71. The average Bonchev–Trinajstić information content (AvgIpc) is 1.67. The van der Waals surface area contributed by atoms with Crippen LogP contribution >= 0.6 is 11.6 Å². The van der Waals surface area contributed by atoms with Gasteiger partial charge in [0.15, 0.2) is 0 Å². The van der Waals surface area contributed by atoms with Crippen LogP contribution in [0.3, 0.4) is 0 Å². The number of allylic oxidation sites excluding steroid dienone is 2. The molecule has 44 valence electrons. The van der Waals surface area contributed by atoms with Crippen LogP contribution in [-0.4, -0.2) is 0 Å². The maximum atomic E-state index is 5.58. The van der Waals surface area contributed by atoms with E-state index in [0.29, 0.717) is 0 Å². The summed E-state index contributed by atoms with van der Waals surface area (Å²) >= 11 is 5.58. The van der Waals surface area contributed by atoms with Crippen molar-refractivity contribution in [3.63, 3.8) is 0 Å². The molecule has 0 aromatic heterocycles. The Balaban J connectivity index is 4.16. The van der Waals surface area contributed by atoms with E-state index in [0.717, 1.165) is 10.6 Å². The van der Waals surface area contributed by atoms with E-state index in [4.69, 9.17) is 11.6 Å². The summed E-state index contributed by atoms with van der Waals surface area (Å²) < 4.78 is 0. The Morgan fingerprint density at radius 2 is 1.88 bits per heavy atom. The van der Waals surface area contributed by atoms with Crippen LogP contribution in [0.4, 0.5) is 0 Å². The largest absolute Gasteiger partial charge is 0.102 e. The summed E-state index contributed by atoms with van der Waals surface area (Å²) in [5.41, 5.74) is 0.953. The normalized spacial score (nSPS) is 11.5. The Labute approximate surface area is 55.5 Å². The molecule has 0 saturated heterocycles. The maximum Gasteiger partial charge on any atom is 0.0262 e. The molecular weight excluding hydrogens is 120 g/mol. The lowest BCUT2D eigenvalue weighted by Crippen LogP contribution is -1.68. The first-order chi connectivity index (χ1) is 3.68. The van der Waals surface area contributed by atoms with Crippen LogP contribution in [0.25, 0.3) is 0 Å². The molecule has 0 aromatic carbocycles. The first kappa shape index (κ1) is 7.59. The first-order valence-corrected chi connectivity index (χ1v) is 2.82.